The van der Waals surface area contributed by atoms with E-state index in [-0.39, 0.29) is 67.7 Å². The quantitative estimate of drug-likeness (QED) is 0.289. The van der Waals surface area contributed by atoms with Crippen LogP contribution < -0.4 is 61.2 Å². The Morgan fingerprint density at radius 3 is 2.62 bits per heavy atom. The summed E-state index contributed by atoms with van der Waals surface area (Å²) in [7, 11) is 1.38. The first kappa shape index (κ1) is 16.2. The van der Waals surface area contributed by atoms with Gasteiger partial charge in [0.2, 0.25) is 0 Å². The van der Waals surface area contributed by atoms with E-state index in [1.807, 2.05) is 0 Å². The smallest absolute Gasteiger partial charge is 0.862 e. The molecule has 0 aliphatic rings. The van der Waals surface area contributed by atoms with Crippen molar-refractivity contribution in [2.45, 2.75) is 11.8 Å². The minimum absolute atomic E-state index is 0. The maximum absolute atomic E-state index is 11.0. The van der Waals surface area contributed by atoms with Crippen LogP contribution in [0.15, 0.2) is 28.1 Å². The van der Waals surface area contributed by atoms with Crippen molar-refractivity contribution in [2.75, 3.05) is 7.11 Å². The molecule has 0 saturated carbocycles. The van der Waals surface area contributed by atoms with E-state index in [0.717, 1.165) is 0 Å². The minimum Gasteiger partial charge on any atom is -0.862 e. The molecule has 1 aromatic rings. The van der Waals surface area contributed by atoms with E-state index in [4.69, 9.17) is 9.29 Å². The van der Waals surface area contributed by atoms with E-state index in [0.29, 0.717) is 0 Å². The molecule has 5 nitrogen and oxygen atoms in total. The Morgan fingerprint density at radius 1 is 1.56 bits per heavy atom. The SMILES string of the molecule is COc1cccc(N=C(C)[O-])c1S(=O)O.[K+]. The van der Waals surface area contributed by atoms with Gasteiger partial charge in [-0.1, -0.05) is 6.07 Å². The Bertz CT molecular complexity index is 418. The predicted molar refractivity (Wildman–Crippen MR) is 54.8 cm³/mol. The third-order valence-electron chi connectivity index (χ3n) is 1.63. The standard InChI is InChI=1S/C9H11NO4S.K/c1-6(11)10-7-4-3-5-8(14-2)9(7)15(12)13;/h3-5H,1-2H3,(H,10,11)(H,12,13);/q;+1/p-1. The Balaban J connectivity index is 0.00000225. The Labute approximate surface area is 139 Å². The van der Waals surface area contributed by atoms with E-state index in [1.54, 1.807) is 6.07 Å². The molecule has 1 N–H and O–H groups in total. The zero-order valence-electron chi connectivity index (χ0n) is 9.26. The number of benzene rings is 1. The molecule has 0 fully saturated rings. The second-order valence-electron chi connectivity index (χ2n) is 2.69. The average Bonchev–Trinajstić information content (AvgIpc) is 2.15. The monoisotopic (exact) mass is 267 g/mol. The van der Waals surface area contributed by atoms with Gasteiger partial charge in [-0.05, 0) is 25.0 Å². The van der Waals surface area contributed by atoms with Gasteiger partial charge in [-0.25, -0.2) is 4.21 Å². The second kappa shape index (κ2) is 7.54. The normalized spacial score (nSPS) is 12.8. The molecule has 1 unspecified atom stereocenters. The molecule has 0 aliphatic heterocycles. The Morgan fingerprint density at radius 2 is 2.19 bits per heavy atom. The molecule has 7 heteroatoms. The maximum atomic E-state index is 11.0. The van der Waals surface area contributed by atoms with Crippen LogP contribution in [0.5, 0.6) is 5.75 Å². The fourth-order valence-corrected chi connectivity index (χ4v) is 1.71. The summed E-state index contributed by atoms with van der Waals surface area (Å²) in [5, 5.41) is 10.8. The number of nitrogens with zero attached hydrogens (tertiary/aromatic N) is 1. The van der Waals surface area contributed by atoms with Gasteiger partial charge in [-0.3, -0.25) is 4.99 Å². The van der Waals surface area contributed by atoms with Gasteiger partial charge < -0.3 is 14.4 Å². The first-order valence-electron chi connectivity index (χ1n) is 4.06. The van der Waals surface area contributed by atoms with Gasteiger partial charge in [-0.15, -0.1) is 0 Å². The van der Waals surface area contributed by atoms with Crippen molar-refractivity contribution >= 4 is 22.7 Å². The summed E-state index contributed by atoms with van der Waals surface area (Å²) >= 11 is -2.24. The van der Waals surface area contributed by atoms with Crippen LogP contribution in [0.4, 0.5) is 5.69 Å². The number of hydrogen-bond donors (Lipinski definition) is 1. The van der Waals surface area contributed by atoms with Crippen LogP contribution in [-0.2, 0) is 11.1 Å². The van der Waals surface area contributed by atoms with Crippen molar-refractivity contribution in [1.29, 1.82) is 0 Å². The molecular weight excluding hydrogens is 257 g/mol. The van der Waals surface area contributed by atoms with Crippen LogP contribution >= 0.6 is 0 Å². The molecule has 1 rings (SSSR count). The molecule has 1 aromatic carbocycles. The number of methoxy groups -OCH3 is 1. The first-order valence-corrected chi connectivity index (χ1v) is 5.17. The van der Waals surface area contributed by atoms with Crippen molar-refractivity contribution < 1.29 is 70.0 Å². The van der Waals surface area contributed by atoms with E-state index >= 15 is 0 Å². The summed E-state index contributed by atoms with van der Waals surface area (Å²) in [6.45, 7) is 1.27. The van der Waals surface area contributed by atoms with Crippen molar-refractivity contribution in [2.24, 2.45) is 4.99 Å². The van der Waals surface area contributed by atoms with Gasteiger partial charge in [0.25, 0.3) is 0 Å². The van der Waals surface area contributed by atoms with Gasteiger partial charge in [0, 0.05) is 0 Å². The largest absolute Gasteiger partial charge is 1.00 e. The summed E-state index contributed by atoms with van der Waals surface area (Å²) in [4.78, 5) is 3.63. The molecule has 0 aromatic heterocycles. The fourth-order valence-electron chi connectivity index (χ4n) is 1.10. The summed E-state index contributed by atoms with van der Waals surface area (Å²) < 4.78 is 25.0. The second-order valence-corrected chi connectivity index (χ2v) is 3.60. The van der Waals surface area contributed by atoms with Crippen LogP contribution in [-0.4, -0.2) is 21.8 Å². The third kappa shape index (κ3) is 4.25. The van der Waals surface area contributed by atoms with E-state index in [9.17, 15) is 9.32 Å². The molecule has 0 bridgehead atoms. The summed E-state index contributed by atoms with van der Waals surface area (Å²) in [6.07, 6.45) is 0. The molecule has 0 amide bonds. The van der Waals surface area contributed by atoms with E-state index in [1.165, 1.54) is 26.2 Å². The molecule has 0 spiro atoms. The summed E-state index contributed by atoms with van der Waals surface area (Å²) in [5.74, 6) is -0.201. The minimum atomic E-state index is -2.24. The molecule has 0 aliphatic carbocycles. The van der Waals surface area contributed by atoms with Crippen LogP contribution in [0.2, 0.25) is 0 Å². The molecule has 1 atom stereocenters. The number of hydrogen-bond acceptors (Lipinski definition) is 4. The van der Waals surface area contributed by atoms with Gasteiger partial charge in [-0.2, -0.15) is 0 Å². The van der Waals surface area contributed by atoms with Crippen molar-refractivity contribution in [3.05, 3.63) is 18.2 Å². The summed E-state index contributed by atoms with van der Waals surface area (Å²) in [6, 6.07) is 4.60. The number of aliphatic imine (C=N–C) groups is 1. The van der Waals surface area contributed by atoms with Crippen LogP contribution in [0, 0.1) is 0 Å². The van der Waals surface area contributed by atoms with Crippen LogP contribution in [0.3, 0.4) is 0 Å². The predicted octanol–water partition coefficient (Wildman–Crippen LogP) is -2.31. The topological polar surface area (TPSA) is 82.0 Å². The van der Waals surface area contributed by atoms with Gasteiger partial charge in [0.15, 0.2) is 11.1 Å². The maximum Gasteiger partial charge on any atom is 1.00 e. The zero-order valence-corrected chi connectivity index (χ0v) is 13.2. The Kier molecular flexibility index (Phi) is 7.65. The van der Waals surface area contributed by atoms with Gasteiger partial charge in [0.1, 0.15) is 10.6 Å². The molecular formula is C9H10KNO4S. The first-order chi connectivity index (χ1) is 7.06. The third-order valence-corrected chi connectivity index (χ3v) is 2.39. The Hall–Kier alpha value is 0.236. The van der Waals surface area contributed by atoms with Gasteiger partial charge >= 0.3 is 51.4 Å². The zero-order chi connectivity index (χ0) is 11.4. The molecule has 0 saturated heterocycles. The molecule has 0 radical (unpaired) electrons. The van der Waals surface area contributed by atoms with Crippen molar-refractivity contribution in [3.8, 4) is 5.75 Å². The summed E-state index contributed by atoms with van der Waals surface area (Å²) in [5.41, 5.74) is 0.155. The number of ether oxygens (including phenoxy) is 1. The fraction of sp³-hybridized carbons (Fsp3) is 0.222. The van der Waals surface area contributed by atoms with E-state index in [2.05, 4.69) is 4.99 Å². The number of rotatable bonds is 3. The van der Waals surface area contributed by atoms with Crippen LogP contribution in [0.1, 0.15) is 6.92 Å². The van der Waals surface area contributed by atoms with Crippen molar-refractivity contribution in [3.63, 3.8) is 0 Å². The molecule has 16 heavy (non-hydrogen) atoms. The van der Waals surface area contributed by atoms with Gasteiger partial charge in [0.05, 0.1) is 12.8 Å². The van der Waals surface area contributed by atoms with E-state index < -0.39 is 17.0 Å². The van der Waals surface area contributed by atoms with Crippen molar-refractivity contribution in [1.82, 2.24) is 0 Å². The molecule has 0 heterocycles. The van der Waals surface area contributed by atoms with Crippen LogP contribution in [0.25, 0.3) is 0 Å². The molecule has 82 valence electrons. The average molecular weight is 267 g/mol.